The Balaban J connectivity index is 2.14. The van der Waals surface area contributed by atoms with Crippen LogP contribution in [-0.4, -0.2) is 23.5 Å². The maximum atomic E-state index is 12.3. The number of urea groups is 1. The van der Waals surface area contributed by atoms with Gasteiger partial charge in [-0.05, 0) is 38.1 Å². The molecule has 0 saturated carbocycles. The van der Waals surface area contributed by atoms with Crippen molar-refractivity contribution < 1.29 is 4.79 Å². The second-order valence-corrected chi connectivity index (χ2v) is 6.16. The predicted molar refractivity (Wildman–Crippen MR) is 75.9 cm³/mol. The molecule has 1 aliphatic rings. The molecule has 1 saturated heterocycles. The van der Waals surface area contributed by atoms with Crippen LogP contribution >= 0.6 is 11.3 Å². The van der Waals surface area contributed by atoms with Crippen molar-refractivity contribution in [3.8, 4) is 0 Å². The lowest BCUT2D eigenvalue weighted by Crippen LogP contribution is -2.44. The van der Waals surface area contributed by atoms with Crippen LogP contribution in [0, 0.1) is 0 Å². The summed E-state index contributed by atoms with van der Waals surface area (Å²) < 4.78 is 0. The van der Waals surface area contributed by atoms with Crippen LogP contribution < -0.4 is 5.32 Å². The molecule has 0 spiro atoms. The fourth-order valence-corrected chi connectivity index (χ4v) is 3.33. The minimum absolute atomic E-state index is 0.0882. The fourth-order valence-electron chi connectivity index (χ4n) is 2.46. The van der Waals surface area contributed by atoms with Crippen LogP contribution in [0.15, 0.2) is 17.5 Å². The Kier molecular flexibility index (Phi) is 4.64. The summed E-state index contributed by atoms with van der Waals surface area (Å²) in [7, 11) is 0. The predicted octanol–water partition coefficient (Wildman–Crippen LogP) is 3.78. The molecule has 2 amide bonds. The van der Waals surface area contributed by atoms with E-state index in [1.54, 1.807) is 11.3 Å². The Morgan fingerprint density at radius 2 is 2.28 bits per heavy atom. The topological polar surface area (TPSA) is 32.3 Å². The third-order valence-electron chi connectivity index (χ3n) is 3.30. The van der Waals surface area contributed by atoms with Crippen molar-refractivity contribution in [2.24, 2.45) is 0 Å². The summed E-state index contributed by atoms with van der Waals surface area (Å²) in [5, 5.41) is 5.12. The number of hydrogen-bond donors (Lipinski definition) is 1. The number of thiophene rings is 1. The molecule has 4 heteroatoms. The van der Waals surface area contributed by atoms with Gasteiger partial charge < -0.3 is 10.2 Å². The van der Waals surface area contributed by atoms with Gasteiger partial charge in [-0.15, -0.1) is 11.3 Å². The molecule has 2 heterocycles. The summed E-state index contributed by atoms with van der Waals surface area (Å²) in [5.41, 5.74) is 0. The summed E-state index contributed by atoms with van der Waals surface area (Å²) in [6.07, 6.45) is 4.65. The molecule has 100 valence electrons. The van der Waals surface area contributed by atoms with Crippen LogP contribution in [0.4, 0.5) is 4.79 Å². The van der Waals surface area contributed by atoms with Gasteiger partial charge in [-0.2, -0.15) is 0 Å². The van der Waals surface area contributed by atoms with Crippen LogP contribution in [0.5, 0.6) is 0 Å². The van der Waals surface area contributed by atoms with Gasteiger partial charge in [0.1, 0.15) is 0 Å². The van der Waals surface area contributed by atoms with Gasteiger partial charge >= 0.3 is 6.03 Å². The number of likely N-dealkylation sites (tertiary alicyclic amines) is 1. The van der Waals surface area contributed by atoms with E-state index in [2.05, 4.69) is 22.8 Å². The molecule has 0 aromatic carbocycles. The minimum atomic E-state index is 0.0882. The van der Waals surface area contributed by atoms with Gasteiger partial charge in [0, 0.05) is 17.5 Å². The largest absolute Gasteiger partial charge is 0.336 e. The highest BCUT2D eigenvalue weighted by atomic mass is 32.1. The van der Waals surface area contributed by atoms with Crippen molar-refractivity contribution in [1.29, 1.82) is 0 Å². The molecule has 0 unspecified atom stereocenters. The van der Waals surface area contributed by atoms with Gasteiger partial charge in [-0.3, -0.25) is 0 Å². The van der Waals surface area contributed by atoms with E-state index in [4.69, 9.17) is 0 Å². The van der Waals surface area contributed by atoms with E-state index in [9.17, 15) is 4.79 Å². The summed E-state index contributed by atoms with van der Waals surface area (Å²) in [5.74, 6) is 0. The zero-order chi connectivity index (χ0) is 13.0. The Bertz CT molecular complexity index is 375. The molecule has 1 atom stereocenters. The molecule has 1 N–H and O–H groups in total. The highest BCUT2D eigenvalue weighted by Gasteiger charge is 2.27. The molecule has 0 bridgehead atoms. The zero-order valence-corrected chi connectivity index (χ0v) is 12.0. The molecular weight excluding hydrogens is 244 g/mol. The summed E-state index contributed by atoms with van der Waals surface area (Å²) >= 11 is 1.76. The Morgan fingerprint density at radius 1 is 1.44 bits per heavy atom. The van der Waals surface area contributed by atoms with Crippen LogP contribution in [0.2, 0.25) is 0 Å². The second kappa shape index (κ2) is 6.23. The first-order valence-corrected chi connectivity index (χ1v) is 7.67. The van der Waals surface area contributed by atoms with E-state index < -0.39 is 0 Å². The molecule has 1 aromatic heterocycles. The van der Waals surface area contributed by atoms with Gasteiger partial charge in [0.15, 0.2) is 0 Å². The molecule has 0 radical (unpaired) electrons. The first-order valence-electron chi connectivity index (χ1n) is 6.79. The van der Waals surface area contributed by atoms with E-state index in [0.29, 0.717) is 0 Å². The maximum absolute atomic E-state index is 12.3. The van der Waals surface area contributed by atoms with Crippen LogP contribution in [0.25, 0.3) is 0 Å². The third-order valence-corrected chi connectivity index (χ3v) is 4.27. The van der Waals surface area contributed by atoms with Gasteiger partial charge in [-0.1, -0.05) is 18.9 Å². The Labute approximate surface area is 113 Å². The number of carbonyl (C=O) groups is 1. The quantitative estimate of drug-likeness (QED) is 0.868. The number of carbonyl (C=O) groups excluding carboxylic acids is 1. The highest BCUT2D eigenvalue weighted by molar-refractivity contribution is 7.10. The van der Waals surface area contributed by atoms with E-state index in [-0.39, 0.29) is 18.1 Å². The summed E-state index contributed by atoms with van der Waals surface area (Å²) in [4.78, 5) is 15.6. The minimum Gasteiger partial charge on any atom is -0.336 e. The Morgan fingerprint density at radius 3 is 2.94 bits per heavy atom. The molecule has 0 aliphatic carbocycles. The normalized spacial score (nSPS) is 20.8. The number of amides is 2. The number of rotatable bonds is 2. The highest BCUT2D eigenvalue weighted by Crippen LogP contribution is 2.32. The standard InChI is InChI=1S/C14H22N2OS/c1-11(2)15-14(17)16-9-5-3-4-7-12(16)13-8-6-10-18-13/h6,8,10-12H,3-5,7,9H2,1-2H3,(H,15,17)/t12-/m0/s1. The lowest BCUT2D eigenvalue weighted by atomic mass is 10.1. The number of nitrogens with one attached hydrogen (secondary N) is 1. The van der Waals surface area contributed by atoms with Crippen LogP contribution in [0.1, 0.15) is 50.4 Å². The smallest absolute Gasteiger partial charge is 0.318 e. The van der Waals surface area contributed by atoms with Crippen molar-refractivity contribution in [2.75, 3.05) is 6.54 Å². The monoisotopic (exact) mass is 266 g/mol. The van der Waals surface area contributed by atoms with Gasteiger partial charge in [0.05, 0.1) is 6.04 Å². The third kappa shape index (κ3) is 3.25. The van der Waals surface area contributed by atoms with Crippen LogP contribution in [0.3, 0.4) is 0 Å². The average molecular weight is 266 g/mol. The molecule has 1 aromatic rings. The van der Waals surface area contributed by atoms with Crippen LogP contribution in [-0.2, 0) is 0 Å². The molecular formula is C14H22N2OS. The molecule has 2 rings (SSSR count). The van der Waals surface area contributed by atoms with E-state index in [1.165, 1.54) is 17.7 Å². The van der Waals surface area contributed by atoms with E-state index >= 15 is 0 Å². The summed E-state index contributed by atoms with van der Waals surface area (Å²) in [6, 6.07) is 4.78. The maximum Gasteiger partial charge on any atom is 0.318 e. The second-order valence-electron chi connectivity index (χ2n) is 5.18. The molecule has 18 heavy (non-hydrogen) atoms. The molecule has 1 fully saturated rings. The molecule has 3 nitrogen and oxygen atoms in total. The average Bonchev–Trinajstić information content (AvgIpc) is 2.72. The van der Waals surface area contributed by atoms with Crippen molar-refractivity contribution in [3.05, 3.63) is 22.4 Å². The Hall–Kier alpha value is -1.03. The van der Waals surface area contributed by atoms with Gasteiger partial charge in [0.2, 0.25) is 0 Å². The van der Waals surface area contributed by atoms with Crippen molar-refractivity contribution in [3.63, 3.8) is 0 Å². The van der Waals surface area contributed by atoms with E-state index in [0.717, 1.165) is 19.4 Å². The van der Waals surface area contributed by atoms with Gasteiger partial charge in [-0.25, -0.2) is 4.79 Å². The zero-order valence-electron chi connectivity index (χ0n) is 11.2. The van der Waals surface area contributed by atoms with Crippen molar-refractivity contribution in [1.82, 2.24) is 10.2 Å². The summed E-state index contributed by atoms with van der Waals surface area (Å²) in [6.45, 7) is 4.90. The first kappa shape index (κ1) is 13.4. The number of hydrogen-bond acceptors (Lipinski definition) is 2. The number of nitrogens with zero attached hydrogens (tertiary/aromatic N) is 1. The lowest BCUT2D eigenvalue weighted by molar-refractivity contribution is 0.174. The SMILES string of the molecule is CC(C)NC(=O)N1CCCCC[C@H]1c1cccs1. The van der Waals surface area contributed by atoms with Gasteiger partial charge in [0.25, 0.3) is 0 Å². The fraction of sp³-hybridized carbons (Fsp3) is 0.643. The van der Waals surface area contributed by atoms with Crippen molar-refractivity contribution >= 4 is 17.4 Å². The first-order chi connectivity index (χ1) is 8.68. The molecule has 1 aliphatic heterocycles. The van der Waals surface area contributed by atoms with Crippen molar-refractivity contribution in [2.45, 2.75) is 51.6 Å². The lowest BCUT2D eigenvalue weighted by Gasteiger charge is -2.30. The van der Waals surface area contributed by atoms with E-state index in [1.807, 2.05) is 18.7 Å².